The molecule has 0 saturated carbocycles. The molecule has 0 bridgehead atoms. The van der Waals surface area contributed by atoms with E-state index in [1.165, 1.54) is 16.0 Å². The van der Waals surface area contributed by atoms with Gasteiger partial charge in [0.2, 0.25) is 0 Å². The number of aryl methyl sites for hydroxylation is 2. The van der Waals surface area contributed by atoms with Crippen LogP contribution in [0.3, 0.4) is 0 Å². The fourth-order valence-corrected chi connectivity index (χ4v) is 3.74. The predicted molar refractivity (Wildman–Crippen MR) is 104 cm³/mol. The fraction of sp³-hybridized carbons (Fsp3) is 0.211. The highest BCUT2D eigenvalue weighted by Crippen LogP contribution is 2.25. The van der Waals surface area contributed by atoms with Crippen LogP contribution in [0.15, 0.2) is 35.7 Å². The molecule has 2 heterocycles. The van der Waals surface area contributed by atoms with Gasteiger partial charge in [0, 0.05) is 11.1 Å². The van der Waals surface area contributed by atoms with Gasteiger partial charge in [-0.15, -0.1) is 11.3 Å². The van der Waals surface area contributed by atoms with Crippen LogP contribution in [0.25, 0.3) is 5.69 Å². The highest BCUT2D eigenvalue weighted by Gasteiger charge is 2.27. The number of ketones is 1. The first-order chi connectivity index (χ1) is 13.4. The summed E-state index contributed by atoms with van der Waals surface area (Å²) in [6.45, 7) is 2.84. The summed E-state index contributed by atoms with van der Waals surface area (Å²) in [6.07, 6.45) is 0. The maximum Gasteiger partial charge on any atom is 0.343 e. The van der Waals surface area contributed by atoms with Gasteiger partial charge >= 0.3 is 5.97 Å². The van der Waals surface area contributed by atoms with Crippen molar-refractivity contribution < 1.29 is 14.3 Å². The highest BCUT2D eigenvalue weighted by molar-refractivity contribution is 7.09. The summed E-state index contributed by atoms with van der Waals surface area (Å²) in [4.78, 5) is 29.0. The van der Waals surface area contributed by atoms with Crippen LogP contribution >= 0.6 is 22.9 Å². The van der Waals surface area contributed by atoms with Gasteiger partial charge < -0.3 is 4.74 Å². The van der Waals surface area contributed by atoms with E-state index in [0.717, 1.165) is 5.69 Å². The van der Waals surface area contributed by atoms with Gasteiger partial charge in [0.1, 0.15) is 15.7 Å². The van der Waals surface area contributed by atoms with Crippen molar-refractivity contribution in [2.24, 2.45) is 0 Å². The predicted octanol–water partition coefficient (Wildman–Crippen LogP) is 3.63. The number of halogens is 1. The Morgan fingerprint density at radius 3 is 2.64 bits per heavy atom. The lowest BCUT2D eigenvalue weighted by atomic mass is 10.1. The molecule has 3 rings (SSSR count). The molecule has 9 heteroatoms. The Morgan fingerprint density at radius 1 is 1.32 bits per heavy atom. The minimum absolute atomic E-state index is 0.0805. The number of carbonyl (C=O) groups is 2. The van der Waals surface area contributed by atoms with Crippen molar-refractivity contribution in [3.05, 3.63) is 62.8 Å². The summed E-state index contributed by atoms with van der Waals surface area (Å²) in [7, 11) is 0. The lowest BCUT2D eigenvalue weighted by Gasteiger charge is -2.07. The summed E-state index contributed by atoms with van der Waals surface area (Å²) in [5.41, 5.74) is 1.87. The molecule has 0 aliphatic heterocycles. The second-order valence-corrected chi connectivity index (χ2v) is 7.18. The number of para-hydroxylation sites is 1. The number of hydrogen-bond donors (Lipinski definition) is 0. The van der Waals surface area contributed by atoms with E-state index in [0.29, 0.717) is 16.4 Å². The van der Waals surface area contributed by atoms with Gasteiger partial charge in [-0.05, 0) is 26.0 Å². The van der Waals surface area contributed by atoms with Crippen LogP contribution in [0, 0.1) is 25.2 Å². The molecule has 0 unspecified atom stereocenters. The Morgan fingerprint density at radius 2 is 2.04 bits per heavy atom. The molecular weight excluding hydrogens is 400 g/mol. The van der Waals surface area contributed by atoms with E-state index in [2.05, 4.69) is 10.1 Å². The lowest BCUT2D eigenvalue weighted by molar-refractivity contribution is -0.122. The summed E-state index contributed by atoms with van der Waals surface area (Å²) in [6, 6.07) is 11.0. The van der Waals surface area contributed by atoms with Crippen LogP contribution in [0.2, 0.25) is 5.15 Å². The molecule has 1 aromatic carbocycles. The minimum atomic E-state index is -1.07. The van der Waals surface area contributed by atoms with Gasteiger partial charge in [-0.25, -0.2) is 14.5 Å². The van der Waals surface area contributed by atoms with Crippen molar-refractivity contribution in [2.75, 3.05) is 6.61 Å². The van der Waals surface area contributed by atoms with Crippen molar-refractivity contribution >= 4 is 34.7 Å². The smallest absolute Gasteiger partial charge is 0.343 e. The third kappa shape index (κ3) is 3.96. The SMILES string of the molecule is Cc1csc([C@@H](C#N)C(=O)COC(=O)c2c(C)nn(-c3ccccc3)c2Cl)n1. The molecule has 1 atom stereocenters. The quantitative estimate of drug-likeness (QED) is 0.571. The lowest BCUT2D eigenvalue weighted by Crippen LogP contribution is -2.20. The van der Waals surface area contributed by atoms with Crippen LogP contribution < -0.4 is 0 Å². The summed E-state index contributed by atoms with van der Waals surface area (Å²) in [5, 5.41) is 15.8. The van der Waals surface area contributed by atoms with Crippen LogP contribution in [0.1, 0.15) is 32.7 Å². The molecule has 142 valence electrons. The van der Waals surface area contributed by atoms with Gasteiger partial charge in [0.05, 0.1) is 17.5 Å². The van der Waals surface area contributed by atoms with Gasteiger partial charge in [-0.3, -0.25) is 4.79 Å². The first kappa shape index (κ1) is 19.7. The molecule has 0 amide bonds. The number of nitriles is 1. The third-order valence-electron chi connectivity index (χ3n) is 3.89. The number of thiazole rings is 1. The highest BCUT2D eigenvalue weighted by atomic mass is 35.5. The summed E-state index contributed by atoms with van der Waals surface area (Å²) >= 11 is 7.53. The Hall–Kier alpha value is -3.02. The first-order valence-electron chi connectivity index (χ1n) is 8.24. The number of hydrogen-bond acceptors (Lipinski definition) is 7. The van der Waals surface area contributed by atoms with Crippen molar-refractivity contribution in [1.82, 2.24) is 14.8 Å². The maximum atomic E-state index is 12.5. The van der Waals surface area contributed by atoms with Gasteiger partial charge in [-0.2, -0.15) is 10.4 Å². The Bertz CT molecular complexity index is 1070. The molecule has 7 nitrogen and oxygen atoms in total. The third-order valence-corrected chi connectivity index (χ3v) is 5.27. The second-order valence-electron chi connectivity index (χ2n) is 5.93. The van der Waals surface area contributed by atoms with E-state index in [1.54, 1.807) is 31.4 Å². The van der Waals surface area contributed by atoms with E-state index >= 15 is 0 Å². The number of rotatable bonds is 6. The van der Waals surface area contributed by atoms with E-state index in [4.69, 9.17) is 16.3 Å². The van der Waals surface area contributed by atoms with Gasteiger partial charge in [0.15, 0.2) is 18.3 Å². The maximum absolute atomic E-state index is 12.5. The molecule has 3 aromatic rings. The van der Waals surface area contributed by atoms with Crippen molar-refractivity contribution in [2.45, 2.75) is 19.8 Å². The van der Waals surface area contributed by atoms with Gasteiger partial charge in [0.25, 0.3) is 0 Å². The monoisotopic (exact) mass is 414 g/mol. The van der Waals surface area contributed by atoms with E-state index in [-0.39, 0.29) is 10.7 Å². The number of carbonyl (C=O) groups excluding carboxylic acids is 2. The average Bonchev–Trinajstić information content (AvgIpc) is 3.24. The molecule has 0 spiro atoms. The normalized spacial score (nSPS) is 11.6. The molecule has 0 aliphatic carbocycles. The van der Waals surface area contributed by atoms with Gasteiger partial charge in [-0.1, -0.05) is 29.8 Å². The molecular formula is C19H15ClN4O3S. The number of aromatic nitrogens is 3. The molecule has 0 N–H and O–H groups in total. The Balaban J connectivity index is 1.74. The van der Waals surface area contributed by atoms with Crippen LogP contribution in [-0.2, 0) is 9.53 Å². The summed E-state index contributed by atoms with van der Waals surface area (Å²) in [5.74, 6) is -2.39. The zero-order valence-corrected chi connectivity index (χ0v) is 16.6. The van der Waals surface area contributed by atoms with Crippen molar-refractivity contribution in [3.8, 4) is 11.8 Å². The second kappa shape index (κ2) is 8.33. The van der Waals surface area contributed by atoms with Crippen LogP contribution in [-0.4, -0.2) is 33.1 Å². The fourth-order valence-electron chi connectivity index (χ4n) is 2.53. The zero-order valence-electron chi connectivity index (χ0n) is 15.0. The van der Waals surface area contributed by atoms with Crippen molar-refractivity contribution in [3.63, 3.8) is 0 Å². The van der Waals surface area contributed by atoms with Crippen LogP contribution in [0.5, 0.6) is 0 Å². The molecule has 0 radical (unpaired) electrons. The Kier molecular flexibility index (Phi) is 5.87. The number of nitrogens with zero attached hydrogens (tertiary/aromatic N) is 4. The number of ether oxygens (including phenoxy) is 1. The minimum Gasteiger partial charge on any atom is -0.454 e. The molecule has 2 aromatic heterocycles. The van der Waals surface area contributed by atoms with Crippen LogP contribution in [0.4, 0.5) is 0 Å². The average molecular weight is 415 g/mol. The standard InChI is InChI=1S/C19H15ClN4O3S/c1-11-10-28-18(22-11)14(8-21)15(25)9-27-19(26)16-12(2)23-24(17(16)20)13-6-4-3-5-7-13/h3-7,10,14H,9H2,1-2H3/t14-/m0/s1. The molecule has 0 aliphatic rings. The number of esters is 1. The van der Waals surface area contributed by atoms with E-state index in [9.17, 15) is 14.9 Å². The molecule has 0 saturated heterocycles. The molecule has 0 fully saturated rings. The van der Waals surface area contributed by atoms with E-state index in [1.807, 2.05) is 24.3 Å². The number of Topliss-reactive ketones (excluding diaryl/α,β-unsaturated/α-hetero) is 1. The largest absolute Gasteiger partial charge is 0.454 e. The van der Waals surface area contributed by atoms with Crippen molar-refractivity contribution in [1.29, 1.82) is 5.26 Å². The van der Waals surface area contributed by atoms with E-state index < -0.39 is 24.3 Å². The number of benzene rings is 1. The molecule has 28 heavy (non-hydrogen) atoms. The first-order valence-corrected chi connectivity index (χ1v) is 9.50. The topological polar surface area (TPSA) is 97.9 Å². The Labute approximate surface area is 170 Å². The summed E-state index contributed by atoms with van der Waals surface area (Å²) < 4.78 is 6.53. The zero-order chi connectivity index (χ0) is 20.3.